The zero-order valence-corrected chi connectivity index (χ0v) is 10.4. The van der Waals surface area contributed by atoms with Gasteiger partial charge in [-0.05, 0) is 44.0 Å². The van der Waals surface area contributed by atoms with Crippen LogP contribution >= 0.6 is 0 Å². The Balaban J connectivity index is 2.00. The third kappa shape index (κ3) is 2.98. The van der Waals surface area contributed by atoms with Gasteiger partial charge in [-0.3, -0.25) is 0 Å². The Labute approximate surface area is 103 Å². The Morgan fingerprint density at radius 3 is 2.71 bits per heavy atom. The van der Waals surface area contributed by atoms with Crippen molar-refractivity contribution in [3.8, 4) is 0 Å². The zero-order valence-electron chi connectivity index (χ0n) is 10.4. The van der Waals surface area contributed by atoms with Crippen molar-refractivity contribution < 1.29 is 4.42 Å². The second-order valence-corrected chi connectivity index (χ2v) is 4.36. The molecule has 1 atom stereocenters. The van der Waals surface area contributed by atoms with E-state index in [9.17, 15) is 0 Å². The first-order chi connectivity index (χ1) is 8.31. The normalized spacial score (nSPS) is 12.6. The summed E-state index contributed by atoms with van der Waals surface area (Å²) in [6.07, 6.45) is 5.72. The molecule has 1 N–H and O–H groups in total. The van der Waals surface area contributed by atoms with Gasteiger partial charge in [0.25, 0.3) is 0 Å². The van der Waals surface area contributed by atoms with Crippen molar-refractivity contribution in [2.75, 3.05) is 7.05 Å². The first-order valence-corrected chi connectivity index (χ1v) is 6.05. The van der Waals surface area contributed by atoms with Crippen molar-refractivity contribution in [2.24, 2.45) is 0 Å². The van der Waals surface area contributed by atoms with Crippen LogP contribution in [0.5, 0.6) is 0 Å². The largest absolute Gasteiger partial charge is 0.472 e. The van der Waals surface area contributed by atoms with E-state index in [1.54, 1.807) is 6.26 Å². The van der Waals surface area contributed by atoms with Crippen LogP contribution < -0.4 is 5.32 Å². The van der Waals surface area contributed by atoms with Gasteiger partial charge in [0.05, 0.1) is 12.5 Å². The average molecular weight is 229 g/mol. The van der Waals surface area contributed by atoms with E-state index in [1.807, 2.05) is 19.4 Å². The molecule has 0 aliphatic carbocycles. The molecule has 1 aromatic heterocycles. The van der Waals surface area contributed by atoms with Crippen LogP contribution in [0.15, 0.2) is 47.3 Å². The van der Waals surface area contributed by atoms with E-state index in [0.29, 0.717) is 6.04 Å². The molecule has 0 aliphatic rings. The highest BCUT2D eigenvalue weighted by Crippen LogP contribution is 2.20. The Morgan fingerprint density at radius 1 is 1.24 bits per heavy atom. The van der Waals surface area contributed by atoms with E-state index in [4.69, 9.17) is 4.42 Å². The lowest BCUT2D eigenvalue weighted by Gasteiger charge is -2.15. The minimum absolute atomic E-state index is 0.369. The summed E-state index contributed by atoms with van der Waals surface area (Å²) in [5.74, 6) is 0. The Bertz CT molecular complexity index is 448. The molecule has 0 aliphatic heterocycles. The van der Waals surface area contributed by atoms with Crippen LogP contribution in [0.1, 0.15) is 29.2 Å². The summed E-state index contributed by atoms with van der Waals surface area (Å²) in [5, 5.41) is 3.33. The van der Waals surface area contributed by atoms with Crippen molar-refractivity contribution in [3.05, 3.63) is 59.5 Å². The second-order valence-electron chi connectivity index (χ2n) is 4.36. The predicted octanol–water partition coefficient (Wildman–Crippen LogP) is 3.48. The topological polar surface area (TPSA) is 25.2 Å². The quantitative estimate of drug-likeness (QED) is 0.849. The van der Waals surface area contributed by atoms with E-state index in [-0.39, 0.29) is 0 Å². The van der Waals surface area contributed by atoms with Gasteiger partial charge in [-0.25, -0.2) is 0 Å². The van der Waals surface area contributed by atoms with Gasteiger partial charge < -0.3 is 9.73 Å². The van der Waals surface area contributed by atoms with Crippen LogP contribution in [0.3, 0.4) is 0 Å². The molecule has 1 unspecified atom stereocenters. The molecule has 0 saturated heterocycles. The van der Waals surface area contributed by atoms with Crippen LogP contribution in [0, 0.1) is 6.92 Å². The number of aryl methyl sites for hydroxylation is 2. The molecule has 1 aromatic carbocycles. The minimum atomic E-state index is 0.369. The molecule has 2 heteroatoms. The number of hydrogen-bond donors (Lipinski definition) is 1. The van der Waals surface area contributed by atoms with Gasteiger partial charge in [0.15, 0.2) is 0 Å². The van der Waals surface area contributed by atoms with Crippen LogP contribution in [0.4, 0.5) is 0 Å². The fourth-order valence-electron chi connectivity index (χ4n) is 2.14. The van der Waals surface area contributed by atoms with Gasteiger partial charge >= 0.3 is 0 Å². The highest BCUT2D eigenvalue weighted by molar-refractivity contribution is 5.26. The maximum absolute atomic E-state index is 5.13. The van der Waals surface area contributed by atoms with E-state index in [1.165, 1.54) is 16.7 Å². The molecule has 2 nitrogen and oxygen atoms in total. The maximum Gasteiger partial charge on any atom is 0.0950 e. The van der Waals surface area contributed by atoms with Crippen LogP contribution in [-0.2, 0) is 6.42 Å². The fourth-order valence-corrected chi connectivity index (χ4v) is 2.14. The highest BCUT2D eigenvalue weighted by Gasteiger charge is 2.10. The summed E-state index contributed by atoms with van der Waals surface area (Å²) in [6, 6.07) is 11.0. The minimum Gasteiger partial charge on any atom is -0.472 e. The van der Waals surface area contributed by atoms with Crippen molar-refractivity contribution >= 4 is 0 Å². The maximum atomic E-state index is 5.13. The van der Waals surface area contributed by atoms with Crippen LogP contribution in [0.2, 0.25) is 0 Å². The third-order valence-corrected chi connectivity index (χ3v) is 3.26. The van der Waals surface area contributed by atoms with E-state index < -0.39 is 0 Å². The molecule has 17 heavy (non-hydrogen) atoms. The first kappa shape index (κ1) is 11.9. The van der Waals surface area contributed by atoms with E-state index in [0.717, 1.165) is 12.8 Å². The summed E-state index contributed by atoms with van der Waals surface area (Å²) in [7, 11) is 2.00. The molecule has 2 rings (SSSR count). The van der Waals surface area contributed by atoms with Crippen molar-refractivity contribution in [2.45, 2.75) is 25.8 Å². The third-order valence-electron chi connectivity index (χ3n) is 3.26. The summed E-state index contributed by atoms with van der Waals surface area (Å²) < 4.78 is 5.13. The smallest absolute Gasteiger partial charge is 0.0950 e. The van der Waals surface area contributed by atoms with Crippen molar-refractivity contribution in [1.82, 2.24) is 5.32 Å². The van der Waals surface area contributed by atoms with E-state index >= 15 is 0 Å². The van der Waals surface area contributed by atoms with Gasteiger partial charge in [0.2, 0.25) is 0 Å². The summed E-state index contributed by atoms with van der Waals surface area (Å²) in [4.78, 5) is 0. The van der Waals surface area contributed by atoms with Crippen molar-refractivity contribution in [3.63, 3.8) is 0 Å². The lowest BCUT2D eigenvalue weighted by atomic mass is 9.98. The number of nitrogens with one attached hydrogen (secondary N) is 1. The molecule has 0 radical (unpaired) electrons. The molecule has 2 aromatic rings. The SMILES string of the molecule is CNC(CCc1ccccc1C)c1ccoc1. The van der Waals surface area contributed by atoms with Gasteiger partial charge in [-0.15, -0.1) is 0 Å². The first-order valence-electron chi connectivity index (χ1n) is 6.05. The number of rotatable bonds is 5. The van der Waals surface area contributed by atoms with E-state index in [2.05, 4.69) is 36.5 Å². The van der Waals surface area contributed by atoms with Gasteiger partial charge in [-0.2, -0.15) is 0 Å². The average Bonchev–Trinajstić information content (AvgIpc) is 2.86. The van der Waals surface area contributed by atoms with Gasteiger partial charge in [0.1, 0.15) is 0 Å². The Morgan fingerprint density at radius 2 is 2.06 bits per heavy atom. The molecule has 0 fully saturated rings. The standard InChI is InChI=1S/C15H19NO/c1-12-5-3-4-6-13(12)7-8-15(16-2)14-9-10-17-11-14/h3-6,9-11,15-16H,7-8H2,1-2H3. The second kappa shape index (κ2) is 5.69. The molecular weight excluding hydrogens is 210 g/mol. The Kier molecular flexibility index (Phi) is 3.99. The fraction of sp³-hybridized carbons (Fsp3) is 0.333. The highest BCUT2D eigenvalue weighted by atomic mass is 16.3. The molecule has 90 valence electrons. The number of hydrogen-bond acceptors (Lipinski definition) is 2. The van der Waals surface area contributed by atoms with Crippen LogP contribution in [-0.4, -0.2) is 7.05 Å². The number of benzene rings is 1. The molecule has 0 saturated carbocycles. The van der Waals surface area contributed by atoms with Crippen molar-refractivity contribution in [1.29, 1.82) is 0 Å². The lowest BCUT2D eigenvalue weighted by molar-refractivity contribution is 0.523. The lowest BCUT2D eigenvalue weighted by Crippen LogP contribution is -2.16. The molecule has 0 bridgehead atoms. The van der Waals surface area contributed by atoms with Crippen LogP contribution in [0.25, 0.3) is 0 Å². The molecule has 1 heterocycles. The summed E-state index contributed by atoms with van der Waals surface area (Å²) in [6.45, 7) is 2.17. The van der Waals surface area contributed by atoms with Gasteiger partial charge in [-0.1, -0.05) is 24.3 Å². The zero-order chi connectivity index (χ0) is 12.1. The summed E-state index contributed by atoms with van der Waals surface area (Å²) >= 11 is 0. The van der Waals surface area contributed by atoms with Gasteiger partial charge in [0, 0.05) is 11.6 Å². The molecular formula is C15H19NO. The predicted molar refractivity (Wildman–Crippen MR) is 70.0 cm³/mol. The Hall–Kier alpha value is -1.54. The molecule has 0 amide bonds. The monoisotopic (exact) mass is 229 g/mol. The number of furan rings is 1. The molecule has 0 spiro atoms. The summed E-state index contributed by atoms with van der Waals surface area (Å²) in [5.41, 5.74) is 4.02.